The van der Waals surface area contributed by atoms with E-state index in [4.69, 9.17) is 11.0 Å². The SMILES string of the molecule is [2H]c1c([2H])c([2H])c(-c2c([2H])c(-c3ccc4ccccc4c3)c([2H])c(-c3c([2H])c([2H])c([2H])c([2H])c3[2H])c2-c2c3ccccc3c(-c3ccccc3)c3c([2H])c([2H])c([2H])c([2H])c23)c([2H])c1[2H]. The molecule has 9 aromatic rings. The molecule has 0 aliphatic rings. The molecule has 9 aromatic carbocycles. The van der Waals surface area contributed by atoms with E-state index in [1.807, 2.05) is 18.2 Å². The molecular weight excluding hydrogens is 577 g/mol. The van der Waals surface area contributed by atoms with Gasteiger partial charge in [-0.2, -0.15) is 0 Å². The Bertz CT molecular complexity index is 3350. The Hall–Kier alpha value is -6.24. The summed E-state index contributed by atoms with van der Waals surface area (Å²) in [4.78, 5) is 0. The second-order valence-electron chi connectivity index (χ2n) is 11.2. The fourth-order valence-corrected chi connectivity index (χ4v) is 6.44. The first-order valence-electron chi connectivity index (χ1n) is 23.3. The third-order valence-electron chi connectivity index (χ3n) is 8.50. The quantitative estimate of drug-likeness (QED) is 0.167. The second kappa shape index (κ2) is 11.8. The van der Waals surface area contributed by atoms with E-state index >= 15 is 0 Å². The van der Waals surface area contributed by atoms with E-state index in [0.717, 1.165) is 5.39 Å². The Labute approximate surface area is 303 Å². The molecule has 0 aromatic heterocycles. The lowest BCUT2D eigenvalue weighted by molar-refractivity contribution is 1.56. The Morgan fingerprint density at radius 2 is 0.833 bits per heavy atom. The summed E-state index contributed by atoms with van der Waals surface area (Å²) in [5.41, 5.74) is -1.08. The number of hydrogen-bond acceptors (Lipinski definition) is 0. The first-order chi connectivity index (χ1) is 30.5. The number of rotatable bonds is 5. The van der Waals surface area contributed by atoms with E-state index in [1.165, 1.54) is 0 Å². The molecule has 0 atom stereocenters. The second-order valence-corrected chi connectivity index (χ2v) is 11.2. The third-order valence-corrected chi connectivity index (χ3v) is 8.50. The van der Waals surface area contributed by atoms with Crippen molar-refractivity contribution in [3.8, 4) is 55.6 Å². The molecule has 0 heteroatoms. The Kier molecular flexibility index (Phi) is 3.96. The lowest BCUT2D eigenvalue weighted by Crippen LogP contribution is -1.96. The van der Waals surface area contributed by atoms with Gasteiger partial charge in [-0.3, -0.25) is 0 Å². The Balaban J connectivity index is 1.68. The van der Waals surface area contributed by atoms with Gasteiger partial charge in [0, 0.05) is 0 Å². The van der Waals surface area contributed by atoms with E-state index < -0.39 is 108 Å². The van der Waals surface area contributed by atoms with Crippen LogP contribution in [0.4, 0.5) is 0 Å². The van der Waals surface area contributed by atoms with Crippen LogP contribution in [0.25, 0.3) is 88.0 Å². The van der Waals surface area contributed by atoms with Crippen LogP contribution < -0.4 is 0 Å². The average Bonchev–Trinajstić information content (AvgIpc) is 3.30. The first-order valence-corrected chi connectivity index (χ1v) is 15.3. The van der Waals surface area contributed by atoms with Crippen LogP contribution in [0.1, 0.15) is 21.9 Å². The maximum absolute atomic E-state index is 10.2. The van der Waals surface area contributed by atoms with Gasteiger partial charge in [0.15, 0.2) is 0 Å². The zero-order valence-corrected chi connectivity index (χ0v) is 25.2. The molecule has 0 unspecified atom stereocenters. The van der Waals surface area contributed by atoms with Crippen molar-refractivity contribution >= 4 is 32.3 Å². The molecule has 0 aliphatic heterocycles. The summed E-state index contributed by atoms with van der Waals surface area (Å²) < 4.78 is 147. The smallest absolute Gasteiger partial charge is 0.0622 e. The fraction of sp³-hybridized carbons (Fsp3) is 0. The molecule has 0 nitrogen and oxygen atoms in total. The van der Waals surface area contributed by atoms with Gasteiger partial charge in [-0.1, -0.05) is 176 Å². The highest BCUT2D eigenvalue weighted by molar-refractivity contribution is 6.24. The van der Waals surface area contributed by atoms with Crippen LogP contribution in [-0.4, -0.2) is 0 Å². The molecule has 9 rings (SSSR count). The van der Waals surface area contributed by atoms with E-state index in [9.17, 15) is 11.0 Å². The fourth-order valence-electron chi connectivity index (χ4n) is 6.44. The van der Waals surface area contributed by atoms with Crippen molar-refractivity contribution in [1.82, 2.24) is 0 Å². The van der Waals surface area contributed by atoms with Crippen molar-refractivity contribution in [3.05, 3.63) is 194 Å². The van der Waals surface area contributed by atoms with Crippen molar-refractivity contribution in [2.24, 2.45) is 0 Å². The zero-order chi connectivity index (χ0) is 45.8. The normalized spacial score (nSPS) is 16.0. The summed E-state index contributed by atoms with van der Waals surface area (Å²) in [6.45, 7) is 0. The molecular formula is C48H32. The molecule has 0 bridgehead atoms. The minimum atomic E-state index is -0.760. The van der Waals surface area contributed by atoms with Crippen LogP contribution in [0.3, 0.4) is 0 Å². The van der Waals surface area contributed by atoms with Crippen molar-refractivity contribution in [2.75, 3.05) is 0 Å². The van der Waals surface area contributed by atoms with Crippen LogP contribution in [-0.2, 0) is 0 Å². The standard InChI is InChI=1S/C48H32/c1-4-17-34(18-5-1)44-31-39(38-29-28-33-16-10-11-23-37(33)30-38)32-45(35-19-6-2-7-20-35)48(44)47-42-26-14-12-24-40(42)46(36-21-8-3-9-22-36)41-25-13-15-27-43(41)47/h1-32H/i1D,2D,4D,5D,6D,7D,12D,14D,17D,18D,19D,20D,24D,26D,31D,32D. The Morgan fingerprint density at radius 1 is 0.312 bits per heavy atom. The average molecular weight is 625 g/mol. The molecule has 224 valence electrons. The number of fused-ring (bicyclic) bond motifs is 3. The molecule has 0 saturated heterocycles. The van der Waals surface area contributed by atoms with Crippen LogP contribution in [0.15, 0.2) is 194 Å². The highest BCUT2D eigenvalue weighted by atomic mass is 14.3. The topological polar surface area (TPSA) is 0 Å². The van der Waals surface area contributed by atoms with Crippen molar-refractivity contribution in [2.45, 2.75) is 0 Å². The highest BCUT2D eigenvalue weighted by Crippen LogP contribution is 2.50. The third kappa shape index (κ3) is 4.78. The van der Waals surface area contributed by atoms with Gasteiger partial charge in [-0.05, 0) is 106 Å². The Morgan fingerprint density at radius 3 is 1.48 bits per heavy atom. The van der Waals surface area contributed by atoms with Crippen LogP contribution in [0, 0.1) is 0 Å². The number of benzene rings is 9. The van der Waals surface area contributed by atoms with Gasteiger partial charge < -0.3 is 0 Å². The van der Waals surface area contributed by atoms with Crippen molar-refractivity contribution in [1.29, 1.82) is 0 Å². The van der Waals surface area contributed by atoms with E-state index in [2.05, 4.69) is 0 Å². The van der Waals surface area contributed by atoms with Gasteiger partial charge in [0.25, 0.3) is 0 Å². The molecule has 0 aliphatic carbocycles. The van der Waals surface area contributed by atoms with Gasteiger partial charge in [0.1, 0.15) is 0 Å². The van der Waals surface area contributed by atoms with Crippen LogP contribution in [0.2, 0.25) is 0 Å². The summed E-state index contributed by atoms with van der Waals surface area (Å²) in [7, 11) is 0. The van der Waals surface area contributed by atoms with Crippen molar-refractivity contribution < 1.29 is 21.9 Å². The molecule has 0 heterocycles. The van der Waals surface area contributed by atoms with Gasteiger partial charge in [0.2, 0.25) is 0 Å². The van der Waals surface area contributed by atoms with E-state index in [0.29, 0.717) is 21.9 Å². The van der Waals surface area contributed by atoms with Gasteiger partial charge >= 0.3 is 0 Å². The van der Waals surface area contributed by atoms with E-state index in [1.54, 1.807) is 78.9 Å². The van der Waals surface area contributed by atoms with Gasteiger partial charge in [0.05, 0.1) is 21.9 Å². The molecule has 48 heavy (non-hydrogen) atoms. The minimum Gasteiger partial charge on any atom is -0.0622 e. The molecule has 0 spiro atoms. The van der Waals surface area contributed by atoms with Crippen LogP contribution >= 0.6 is 0 Å². The lowest BCUT2D eigenvalue weighted by Gasteiger charge is -2.23. The highest BCUT2D eigenvalue weighted by Gasteiger charge is 2.23. The van der Waals surface area contributed by atoms with Gasteiger partial charge in [-0.15, -0.1) is 0 Å². The predicted octanol–water partition coefficient (Wildman–Crippen LogP) is 13.5. The lowest BCUT2D eigenvalue weighted by atomic mass is 9.79. The van der Waals surface area contributed by atoms with E-state index in [-0.39, 0.29) is 49.5 Å². The monoisotopic (exact) mass is 624 g/mol. The number of hydrogen-bond donors (Lipinski definition) is 0. The molecule has 0 N–H and O–H groups in total. The van der Waals surface area contributed by atoms with Crippen molar-refractivity contribution in [3.63, 3.8) is 0 Å². The predicted molar refractivity (Wildman–Crippen MR) is 206 cm³/mol. The summed E-state index contributed by atoms with van der Waals surface area (Å²) in [5, 5.41) is 2.09. The molecule has 0 fully saturated rings. The maximum Gasteiger partial charge on any atom is 0.0636 e. The molecule has 0 saturated carbocycles. The van der Waals surface area contributed by atoms with Crippen LogP contribution in [0.5, 0.6) is 0 Å². The summed E-state index contributed by atoms with van der Waals surface area (Å²) in [6, 6.07) is 17.3. The molecule has 0 radical (unpaired) electrons. The summed E-state index contributed by atoms with van der Waals surface area (Å²) >= 11 is 0. The molecule has 0 amide bonds. The summed E-state index contributed by atoms with van der Waals surface area (Å²) in [5.74, 6) is 0. The zero-order valence-electron chi connectivity index (χ0n) is 41.2. The minimum absolute atomic E-state index is 0.0154. The maximum atomic E-state index is 10.2. The van der Waals surface area contributed by atoms with Gasteiger partial charge in [-0.25, -0.2) is 0 Å². The first kappa shape index (κ1) is 16.0. The summed E-state index contributed by atoms with van der Waals surface area (Å²) in [6.07, 6.45) is 0. The largest absolute Gasteiger partial charge is 0.0636 e.